The number of allylic oxidation sites excluding steroid dienone is 6. The van der Waals surface area contributed by atoms with Gasteiger partial charge < -0.3 is 38.8 Å². The zero-order valence-electron chi connectivity index (χ0n) is 43.1. The van der Waals surface area contributed by atoms with Crippen molar-refractivity contribution in [3.8, 4) is 0 Å². The van der Waals surface area contributed by atoms with E-state index >= 15 is 0 Å². The fourth-order valence-electron chi connectivity index (χ4n) is 10.5. The summed E-state index contributed by atoms with van der Waals surface area (Å²) >= 11 is 1.67. The van der Waals surface area contributed by atoms with E-state index in [2.05, 4.69) is 0 Å². The van der Waals surface area contributed by atoms with Gasteiger partial charge in [0.25, 0.3) is 11.7 Å². The molecule has 69 heavy (non-hydrogen) atoms. The Labute approximate surface area is 416 Å². The number of nitrogens with zero attached hydrogens (tertiary/aromatic N) is 1. The van der Waals surface area contributed by atoms with Crippen LogP contribution < -0.4 is 0 Å². The predicted octanol–water partition coefficient (Wildman–Crippen LogP) is 8.34. The van der Waals surface area contributed by atoms with E-state index in [1.54, 1.807) is 59.5 Å². The number of cyclic esters (lactones) is 1. The predicted molar refractivity (Wildman–Crippen MR) is 269 cm³/mol. The minimum Gasteiger partial charge on any atom is -0.460 e. The Morgan fingerprint density at radius 3 is 2.29 bits per heavy atom. The van der Waals surface area contributed by atoms with Crippen LogP contribution >= 0.6 is 19.6 Å². The maximum atomic E-state index is 14.5. The number of esters is 1. The third kappa shape index (κ3) is 16.3. The van der Waals surface area contributed by atoms with Gasteiger partial charge in [-0.05, 0) is 107 Å². The highest BCUT2D eigenvalue weighted by atomic mass is 32.2. The van der Waals surface area contributed by atoms with Crippen LogP contribution in [-0.4, -0.2) is 138 Å². The Balaban J connectivity index is 1.70. The van der Waals surface area contributed by atoms with Crippen molar-refractivity contribution < 1.29 is 62.4 Å². The molecular weight excluding hydrogens is 922 g/mol. The Morgan fingerprint density at radius 2 is 1.62 bits per heavy atom. The number of piperidine rings is 1. The van der Waals surface area contributed by atoms with Crippen molar-refractivity contribution in [3.05, 3.63) is 47.6 Å². The summed E-state index contributed by atoms with van der Waals surface area (Å²) in [7, 11) is 3.36. The summed E-state index contributed by atoms with van der Waals surface area (Å²) in [6.07, 6.45) is 12.8. The van der Waals surface area contributed by atoms with Crippen molar-refractivity contribution in [3.63, 3.8) is 0 Å². The van der Waals surface area contributed by atoms with Crippen LogP contribution in [0.2, 0.25) is 0 Å². The van der Waals surface area contributed by atoms with E-state index in [0.717, 1.165) is 24.8 Å². The number of ketones is 3. The zero-order valence-corrected chi connectivity index (χ0v) is 44.8. The third-order valence-electron chi connectivity index (χ3n) is 14.9. The smallest absolute Gasteiger partial charge is 0.346 e. The number of thioether (sulfide) groups is 1. The number of amides is 1. The molecule has 14 nitrogen and oxygen atoms in total. The van der Waals surface area contributed by atoms with Gasteiger partial charge >= 0.3 is 13.8 Å². The van der Waals surface area contributed by atoms with Crippen LogP contribution in [0.25, 0.3) is 0 Å². The molecule has 0 radical (unpaired) electrons. The summed E-state index contributed by atoms with van der Waals surface area (Å²) in [5.74, 6) is -7.83. The fourth-order valence-corrected chi connectivity index (χ4v) is 12.8. The number of aliphatic hydroxyl groups excluding tert-OH is 1. The van der Waals surface area contributed by atoms with Gasteiger partial charge in [0.2, 0.25) is 5.79 Å². The lowest BCUT2D eigenvalue weighted by molar-refractivity contribution is -0.265. The quantitative estimate of drug-likeness (QED) is 0.0969. The molecule has 4 aliphatic rings. The first-order valence-electron chi connectivity index (χ1n) is 25.1. The molecule has 1 saturated carbocycles. The summed E-state index contributed by atoms with van der Waals surface area (Å²) in [5, 5.41) is 23.7. The molecule has 2 bridgehead atoms. The summed E-state index contributed by atoms with van der Waals surface area (Å²) < 4.78 is 41.8. The van der Waals surface area contributed by atoms with Crippen LogP contribution in [0.1, 0.15) is 126 Å². The van der Waals surface area contributed by atoms with E-state index in [1.165, 1.54) is 12.0 Å². The van der Waals surface area contributed by atoms with E-state index in [4.69, 9.17) is 23.7 Å². The Hall–Kier alpha value is -2.88. The SMILES string of the molecule is CO[C@H]1CC2CC[C@@H](C)[C@@](O)(O2)C(=O)C(=O)N2CCCCC2C(=O)O[C@H]([C@H](C)C[C@@H]2CCC(SC[P+](C)=O)[C@H](OC)C2)CC(=O)[C@H](C)/C=C(\C)[C@@H](O)[C@@H](OC)C(=O)[C@H](C)C[C@H](C)/C=C/C=CC=C1C. The Morgan fingerprint density at radius 1 is 0.899 bits per heavy atom. The van der Waals surface area contributed by atoms with Gasteiger partial charge in [0.1, 0.15) is 36.8 Å². The van der Waals surface area contributed by atoms with Crippen molar-refractivity contribution in [2.24, 2.45) is 35.5 Å². The number of carbonyl (C=O) groups is 5. The first-order chi connectivity index (χ1) is 32.6. The minimum absolute atomic E-state index is 0.0179. The molecule has 0 spiro atoms. The van der Waals surface area contributed by atoms with E-state index in [0.29, 0.717) is 56.0 Å². The molecule has 3 aliphatic heterocycles. The largest absolute Gasteiger partial charge is 0.460 e. The van der Waals surface area contributed by atoms with E-state index in [1.807, 2.05) is 58.1 Å². The molecule has 16 atom stereocenters. The summed E-state index contributed by atoms with van der Waals surface area (Å²) in [6, 6.07) is -1.14. The zero-order chi connectivity index (χ0) is 51.2. The molecule has 4 rings (SSSR count). The van der Waals surface area contributed by atoms with Gasteiger partial charge in [-0.3, -0.25) is 19.2 Å². The highest BCUT2D eigenvalue weighted by Crippen LogP contribution is 2.41. The maximum absolute atomic E-state index is 14.5. The van der Waals surface area contributed by atoms with Crippen LogP contribution in [0, 0.1) is 35.5 Å². The molecule has 3 fully saturated rings. The summed E-state index contributed by atoms with van der Waals surface area (Å²) in [6.45, 7) is 14.6. The van der Waals surface area contributed by atoms with Crippen molar-refractivity contribution >= 4 is 48.8 Å². The molecule has 4 unspecified atom stereocenters. The van der Waals surface area contributed by atoms with E-state index in [9.17, 15) is 38.8 Å². The first kappa shape index (κ1) is 58.7. The lowest BCUT2D eigenvalue weighted by Crippen LogP contribution is -2.61. The maximum Gasteiger partial charge on any atom is 0.346 e. The number of rotatable bonds is 9. The second-order valence-corrected chi connectivity index (χ2v) is 23.7. The number of fused-ring (bicyclic) bond motifs is 3. The summed E-state index contributed by atoms with van der Waals surface area (Å²) in [5.41, 5.74) is 1.83. The number of hydrogen-bond donors (Lipinski definition) is 2. The molecule has 0 aromatic heterocycles. The highest BCUT2D eigenvalue weighted by molar-refractivity contribution is 8.04. The number of hydrogen-bond acceptors (Lipinski definition) is 14. The molecule has 3 heterocycles. The number of aliphatic hydroxyl groups is 2. The number of ether oxygens (including phenoxy) is 5. The van der Waals surface area contributed by atoms with Crippen LogP contribution in [0.15, 0.2) is 47.6 Å². The lowest BCUT2D eigenvalue weighted by atomic mass is 9.79. The van der Waals surface area contributed by atoms with Crippen LogP contribution in [0.4, 0.5) is 0 Å². The Bertz CT molecular complexity index is 1900. The molecule has 2 N–H and O–H groups in total. The molecule has 16 heteroatoms. The summed E-state index contributed by atoms with van der Waals surface area (Å²) in [4.78, 5) is 72.3. The molecule has 388 valence electrons. The van der Waals surface area contributed by atoms with Gasteiger partial charge in [0.05, 0.1) is 18.3 Å². The first-order valence-corrected chi connectivity index (χ1v) is 28.1. The van der Waals surface area contributed by atoms with Crippen molar-refractivity contribution in [2.75, 3.05) is 40.0 Å². The van der Waals surface area contributed by atoms with Crippen LogP contribution in [0.3, 0.4) is 0 Å². The molecule has 2 saturated heterocycles. The van der Waals surface area contributed by atoms with Crippen LogP contribution in [-0.2, 0) is 52.2 Å². The molecule has 1 amide bonds. The average Bonchev–Trinajstić information content (AvgIpc) is 3.32. The van der Waals surface area contributed by atoms with Gasteiger partial charge in [0.15, 0.2) is 11.3 Å². The molecular formula is C53H83NO13PS+. The van der Waals surface area contributed by atoms with Gasteiger partial charge in [-0.2, -0.15) is 0 Å². The van der Waals surface area contributed by atoms with Gasteiger partial charge in [-0.25, -0.2) is 4.79 Å². The van der Waals surface area contributed by atoms with Crippen molar-refractivity contribution in [1.82, 2.24) is 4.90 Å². The van der Waals surface area contributed by atoms with Gasteiger partial charge in [-0.15, -0.1) is 11.8 Å². The van der Waals surface area contributed by atoms with Crippen molar-refractivity contribution in [1.29, 1.82) is 0 Å². The minimum atomic E-state index is -2.43. The topological polar surface area (TPSA) is 192 Å². The molecule has 0 aromatic carbocycles. The monoisotopic (exact) mass is 1000 g/mol. The average molecular weight is 1010 g/mol. The van der Waals surface area contributed by atoms with E-state index in [-0.39, 0.29) is 60.1 Å². The number of Topliss-reactive ketones (excluding diaryl/α,β-unsaturated/α-hetero) is 3. The fraction of sp³-hybridized carbons (Fsp3) is 0.755. The number of methoxy groups -OCH3 is 3. The second kappa shape index (κ2) is 27.8. The van der Waals surface area contributed by atoms with Gasteiger partial charge in [-0.1, -0.05) is 75.6 Å². The number of carbonyl (C=O) groups excluding carboxylic acids is 5. The molecule has 1 aliphatic carbocycles. The van der Waals surface area contributed by atoms with Crippen LogP contribution in [0.5, 0.6) is 0 Å². The normalized spacial score (nSPS) is 37.8. The second-order valence-electron chi connectivity index (χ2n) is 20.5. The Kier molecular flexibility index (Phi) is 23.7. The van der Waals surface area contributed by atoms with Gasteiger partial charge in [0, 0.05) is 63.7 Å². The van der Waals surface area contributed by atoms with Crippen molar-refractivity contribution in [2.45, 2.75) is 179 Å². The van der Waals surface area contributed by atoms with E-state index < -0.39 is 85.6 Å². The lowest BCUT2D eigenvalue weighted by Gasteiger charge is -2.42. The highest BCUT2D eigenvalue weighted by Gasteiger charge is 2.53. The molecule has 0 aromatic rings. The third-order valence-corrected chi connectivity index (χ3v) is 17.9. The standard InChI is InChI=1S/C53H83NO13PS/c1-32-17-13-12-14-18-33(2)43(63-8)29-40-22-20-38(7)53(61,67-40)50(58)51(59)54-24-16-15-19-41(54)52(60)66-44(35(4)27-39-21-23-46(45(28-39)64-9)69-31-68(11)62)30-42(55)34(3)26-37(6)48(57)49(65-10)47(56)36(5)25-32/h12-14,17-18,26,32,34-36,38-41,43-46,48-49,57,61H,15-16,19-25,27-31H2,1-11H3/q+1/b14-12?,17-13+,33-18?,37-26+/t32-,34-,35-,36-,38-,39+,40?,41?,43+,44+,45-,46?,48-,49+,53-/m1/s1.